The minimum atomic E-state index is 0.107. The van der Waals surface area contributed by atoms with Crippen LogP contribution in [0.5, 0.6) is 0 Å². The average molecular weight is 253 g/mol. The molecule has 0 spiro atoms. The SMILES string of the molecule is CCC1(CC)CNC2CC(C(C)(C)C)CCC2O1. The monoisotopic (exact) mass is 253 g/mol. The van der Waals surface area contributed by atoms with Crippen molar-refractivity contribution in [2.75, 3.05) is 6.54 Å². The number of ether oxygens (including phenoxy) is 1. The van der Waals surface area contributed by atoms with E-state index in [1.165, 1.54) is 19.3 Å². The Morgan fingerprint density at radius 3 is 2.39 bits per heavy atom. The first-order valence-corrected chi connectivity index (χ1v) is 7.81. The molecule has 3 unspecified atom stereocenters. The summed E-state index contributed by atoms with van der Waals surface area (Å²) in [6.45, 7) is 12.7. The van der Waals surface area contributed by atoms with E-state index in [2.05, 4.69) is 39.9 Å². The lowest BCUT2D eigenvalue weighted by atomic mass is 9.69. The Bertz CT molecular complexity index is 277. The van der Waals surface area contributed by atoms with Gasteiger partial charge in [0.25, 0.3) is 0 Å². The Kier molecular flexibility index (Phi) is 4.08. The Hall–Kier alpha value is -0.0800. The number of rotatable bonds is 2. The minimum Gasteiger partial charge on any atom is -0.369 e. The standard InChI is InChI=1S/C16H31NO/c1-6-16(7-2)11-17-13-10-12(15(3,4)5)8-9-14(13)18-16/h12-14,17H,6-11H2,1-5H3. The van der Waals surface area contributed by atoms with E-state index in [0.717, 1.165) is 25.3 Å². The van der Waals surface area contributed by atoms with Gasteiger partial charge in [-0.15, -0.1) is 0 Å². The fraction of sp³-hybridized carbons (Fsp3) is 1.00. The number of fused-ring (bicyclic) bond motifs is 1. The highest BCUT2D eigenvalue weighted by Gasteiger charge is 2.43. The van der Waals surface area contributed by atoms with Crippen molar-refractivity contribution in [2.45, 2.75) is 84.5 Å². The topological polar surface area (TPSA) is 21.3 Å². The summed E-state index contributed by atoms with van der Waals surface area (Å²) >= 11 is 0. The fourth-order valence-electron chi connectivity index (χ4n) is 3.63. The molecule has 1 aliphatic heterocycles. The zero-order valence-electron chi connectivity index (χ0n) is 12.9. The average Bonchev–Trinajstić information content (AvgIpc) is 2.36. The van der Waals surface area contributed by atoms with Crippen LogP contribution in [0, 0.1) is 11.3 Å². The molecule has 3 atom stereocenters. The van der Waals surface area contributed by atoms with E-state index in [9.17, 15) is 0 Å². The molecule has 1 aliphatic carbocycles. The highest BCUT2D eigenvalue weighted by Crippen LogP contribution is 2.41. The van der Waals surface area contributed by atoms with Gasteiger partial charge in [0, 0.05) is 12.6 Å². The van der Waals surface area contributed by atoms with Gasteiger partial charge < -0.3 is 10.1 Å². The molecule has 18 heavy (non-hydrogen) atoms. The van der Waals surface area contributed by atoms with Crippen LogP contribution in [-0.4, -0.2) is 24.3 Å². The van der Waals surface area contributed by atoms with Crippen molar-refractivity contribution in [1.82, 2.24) is 5.32 Å². The molecular formula is C16H31NO. The molecule has 106 valence electrons. The van der Waals surface area contributed by atoms with Crippen LogP contribution in [0.2, 0.25) is 0 Å². The molecule has 2 heteroatoms. The Balaban J connectivity index is 1.99. The Morgan fingerprint density at radius 2 is 1.83 bits per heavy atom. The second kappa shape index (κ2) is 5.13. The van der Waals surface area contributed by atoms with Crippen LogP contribution in [-0.2, 0) is 4.74 Å². The first-order valence-electron chi connectivity index (χ1n) is 7.81. The maximum absolute atomic E-state index is 6.47. The highest BCUT2D eigenvalue weighted by molar-refractivity contribution is 4.97. The minimum absolute atomic E-state index is 0.107. The first kappa shape index (κ1) is 14.3. The van der Waals surface area contributed by atoms with Crippen molar-refractivity contribution in [3.8, 4) is 0 Å². The summed E-state index contributed by atoms with van der Waals surface area (Å²) in [5, 5.41) is 3.79. The van der Waals surface area contributed by atoms with Crippen LogP contribution in [0.25, 0.3) is 0 Å². The third-order valence-electron chi connectivity index (χ3n) is 5.39. The van der Waals surface area contributed by atoms with E-state index in [-0.39, 0.29) is 5.60 Å². The molecular weight excluding hydrogens is 222 g/mol. The summed E-state index contributed by atoms with van der Waals surface area (Å²) < 4.78 is 6.47. The summed E-state index contributed by atoms with van der Waals surface area (Å²) in [4.78, 5) is 0. The van der Waals surface area contributed by atoms with Crippen LogP contribution >= 0.6 is 0 Å². The van der Waals surface area contributed by atoms with Crippen LogP contribution in [0.1, 0.15) is 66.7 Å². The van der Waals surface area contributed by atoms with Gasteiger partial charge in [0.1, 0.15) is 0 Å². The van der Waals surface area contributed by atoms with E-state index < -0.39 is 0 Å². The molecule has 0 aromatic heterocycles. The van der Waals surface area contributed by atoms with Crippen molar-refractivity contribution in [3.05, 3.63) is 0 Å². The molecule has 2 rings (SSSR count). The van der Waals surface area contributed by atoms with E-state index in [1.54, 1.807) is 0 Å². The van der Waals surface area contributed by atoms with Gasteiger partial charge in [-0.25, -0.2) is 0 Å². The lowest BCUT2D eigenvalue weighted by molar-refractivity contribution is -0.157. The van der Waals surface area contributed by atoms with E-state index >= 15 is 0 Å². The zero-order chi connectivity index (χ0) is 13.4. The zero-order valence-corrected chi connectivity index (χ0v) is 12.9. The molecule has 0 aromatic carbocycles. The lowest BCUT2D eigenvalue weighted by Gasteiger charge is -2.50. The van der Waals surface area contributed by atoms with Crippen molar-refractivity contribution in [2.24, 2.45) is 11.3 Å². The second-order valence-electron chi connectivity index (χ2n) is 7.41. The molecule has 0 bridgehead atoms. The van der Waals surface area contributed by atoms with E-state index in [1.807, 2.05) is 0 Å². The number of hydrogen-bond donors (Lipinski definition) is 1. The van der Waals surface area contributed by atoms with Crippen molar-refractivity contribution in [3.63, 3.8) is 0 Å². The van der Waals surface area contributed by atoms with Gasteiger partial charge in [0.2, 0.25) is 0 Å². The Labute approximate surface area is 113 Å². The summed E-state index contributed by atoms with van der Waals surface area (Å²) in [5.74, 6) is 0.839. The van der Waals surface area contributed by atoms with Gasteiger partial charge in [-0.05, 0) is 43.4 Å². The highest BCUT2D eigenvalue weighted by atomic mass is 16.5. The summed E-state index contributed by atoms with van der Waals surface area (Å²) in [5.41, 5.74) is 0.548. The fourth-order valence-corrected chi connectivity index (χ4v) is 3.63. The number of nitrogens with one attached hydrogen (secondary N) is 1. The molecule has 1 saturated heterocycles. The quantitative estimate of drug-likeness (QED) is 0.809. The third kappa shape index (κ3) is 2.75. The molecule has 1 heterocycles. The molecule has 1 saturated carbocycles. The van der Waals surface area contributed by atoms with Gasteiger partial charge in [-0.2, -0.15) is 0 Å². The summed E-state index contributed by atoms with van der Waals surface area (Å²) in [7, 11) is 0. The molecule has 1 N–H and O–H groups in total. The maximum atomic E-state index is 6.47. The van der Waals surface area contributed by atoms with Crippen LogP contribution in [0.3, 0.4) is 0 Å². The summed E-state index contributed by atoms with van der Waals surface area (Å²) in [6.07, 6.45) is 6.57. The van der Waals surface area contributed by atoms with Crippen molar-refractivity contribution in [1.29, 1.82) is 0 Å². The molecule has 2 fully saturated rings. The second-order valence-corrected chi connectivity index (χ2v) is 7.41. The summed E-state index contributed by atoms with van der Waals surface area (Å²) in [6, 6.07) is 0.592. The van der Waals surface area contributed by atoms with Gasteiger partial charge in [-0.1, -0.05) is 34.6 Å². The van der Waals surface area contributed by atoms with E-state index in [4.69, 9.17) is 4.74 Å². The van der Waals surface area contributed by atoms with Crippen LogP contribution < -0.4 is 5.32 Å². The van der Waals surface area contributed by atoms with Crippen LogP contribution in [0.4, 0.5) is 0 Å². The van der Waals surface area contributed by atoms with Gasteiger partial charge in [0.05, 0.1) is 11.7 Å². The largest absolute Gasteiger partial charge is 0.369 e. The molecule has 0 radical (unpaired) electrons. The lowest BCUT2D eigenvalue weighted by Crippen LogP contribution is -2.61. The van der Waals surface area contributed by atoms with Crippen molar-refractivity contribution >= 4 is 0 Å². The Morgan fingerprint density at radius 1 is 1.17 bits per heavy atom. The normalized spacial score (nSPS) is 36.2. The third-order valence-corrected chi connectivity index (χ3v) is 5.39. The molecule has 0 amide bonds. The van der Waals surface area contributed by atoms with Crippen molar-refractivity contribution < 1.29 is 4.74 Å². The van der Waals surface area contributed by atoms with Crippen LogP contribution in [0.15, 0.2) is 0 Å². The number of hydrogen-bond acceptors (Lipinski definition) is 2. The van der Waals surface area contributed by atoms with Gasteiger partial charge in [-0.3, -0.25) is 0 Å². The van der Waals surface area contributed by atoms with Gasteiger partial charge in [0.15, 0.2) is 0 Å². The molecule has 0 aromatic rings. The number of morpholine rings is 1. The molecule has 2 aliphatic rings. The smallest absolute Gasteiger partial charge is 0.0805 e. The predicted molar refractivity (Wildman–Crippen MR) is 76.8 cm³/mol. The van der Waals surface area contributed by atoms with Gasteiger partial charge >= 0.3 is 0 Å². The van der Waals surface area contributed by atoms with E-state index in [0.29, 0.717) is 17.6 Å². The molecule has 2 nitrogen and oxygen atoms in total. The first-order chi connectivity index (χ1) is 8.40. The maximum Gasteiger partial charge on any atom is 0.0805 e. The predicted octanol–water partition coefficient (Wildman–Crippen LogP) is 3.75.